The van der Waals surface area contributed by atoms with E-state index in [1.807, 2.05) is 85.8 Å². The Morgan fingerprint density at radius 2 is 1.64 bits per heavy atom. The normalized spacial score (nSPS) is 11.8. The molecule has 0 aliphatic heterocycles. The van der Waals surface area contributed by atoms with Crippen molar-refractivity contribution < 1.29 is 9.53 Å². The van der Waals surface area contributed by atoms with Gasteiger partial charge in [-0.3, -0.25) is 14.2 Å². The van der Waals surface area contributed by atoms with Crippen LogP contribution in [0.2, 0.25) is 0 Å². The molecule has 0 aliphatic rings. The van der Waals surface area contributed by atoms with Crippen molar-refractivity contribution in [1.82, 2.24) is 14.5 Å². The van der Waals surface area contributed by atoms with Crippen LogP contribution >= 0.6 is 0 Å². The number of hydrogen-bond donors (Lipinski definition) is 0. The van der Waals surface area contributed by atoms with E-state index < -0.39 is 6.04 Å². The molecule has 0 spiro atoms. The summed E-state index contributed by atoms with van der Waals surface area (Å²) in [5.41, 5.74) is 3.72. The van der Waals surface area contributed by atoms with Crippen molar-refractivity contribution in [3.63, 3.8) is 0 Å². The lowest BCUT2D eigenvalue weighted by Crippen LogP contribution is -2.37. The van der Waals surface area contributed by atoms with Gasteiger partial charge in [0.05, 0.1) is 29.7 Å². The Kier molecular flexibility index (Phi) is 7.55. The predicted molar refractivity (Wildman–Crippen MR) is 154 cm³/mol. The molecule has 6 nitrogen and oxygen atoms in total. The second-order valence-electron chi connectivity index (χ2n) is 9.44. The monoisotopic (exact) mass is 517 g/mol. The van der Waals surface area contributed by atoms with Crippen molar-refractivity contribution >= 4 is 16.8 Å². The summed E-state index contributed by atoms with van der Waals surface area (Å²) in [7, 11) is 1.58. The highest BCUT2D eigenvalue weighted by Gasteiger charge is 2.28. The van der Waals surface area contributed by atoms with Gasteiger partial charge in [0.2, 0.25) is 0 Å². The topological polar surface area (TPSA) is 64.4 Å². The second kappa shape index (κ2) is 11.4. The number of hydrogen-bond acceptors (Lipinski definition) is 4. The molecule has 0 bridgehead atoms. The summed E-state index contributed by atoms with van der Waals surface area (Å²) in [4.78, 5) is 34.9. The average Bonchev–Trinajstić information content (AvgIpc) is 2.99. The van der Waals surface area contributed by atoms with Crippen LogP contribution in [0.15, 0.2) is 108 Å². The molecule has 0 fully saturated rings. The van der Waals surface area contributed by atoms with E-state index in [-0.39, 0.29) is 11.5 Å². The molecular formula is C33H31N3O3. The van der Waals surface area contributed by atoms with Crippen LogP contribution in [0.3, 0.4) is 0 Å². The number of para-hydroxylation sites is 2. The molecule has 4 aromatic carbocycles. The van der Waals surface area contributed by atoms with Crippen LogP contribution in [-0.4, -0.2) is 27.5 Å². The zero-order chi connectivity index (χ0) is 27.4. The third-order valence-corrected chi connectivity index (χ3v) is 7.03. The average molecular weight is 518 g/mol. The first-order chi connectivity index (χ1) is 19.0. The number of nitrogens with zero attached hydrogens (tertiary/aromatic N) is 3. The molecule has 1 amide bonds. The van der Waals surface area contributed by atoms with Crippen LogP contribution in [0.5, 0.6) is 5.75 Å². The Balaban J connectivity index is 1.72. The molecule has 0 saturated carbocycles. The summed E-state index contributed by atoms with van der Waals surface area (Å²) in [5, 5.41) is 0.535. The lowest BCUT2D eigenvalue weighted by Gasteiger charge is -2.31. The predicted octanol–water partition coefficient (Wildman–Crippen LogP) is 6.36. The minimum Gasteiger partial charge on any atom is -0.497 e. The Morgan fingerprint density at radius 1 is 0.923 bits per heavy atom. The van der Waals surface area contributed by atoms with Gasteiger partial charge in [0.15, 0.2) is 0 Å². The molecular weight excluding hydrogens is 486 g/mol. The fourth-order valence-corrected chi connectivity index (χ4v) is 4.92. The molecule has 1 unspecified atom stereocenters. The number of aryl methyl sites for hydroxylation is 1. The highest BCUT2D eigenvalue weighted by molar-refractivity contribution is 5.95. The molecule has 1 heterocycles. The van der Waals surface area contributed by atoms with Crippen molar-refractivity contribution in [3.05, 3.63) is 136 Å². The third kappa shape index (κ3) is 5.18. The van der Waals surface area contributed by atoms with Crippen LogP contribution in [0.4, 0.5) is 0 Å². The van der Waals surface area contributed by atoms with Gasteiger partial charge in [0.25, 0.3) is 11.5 Å². The smallest absolute Gasteiger partial charge is 0.266 e. The van der Waals surface area contributed by atoms with Gasteiger partial charge < -0.3 is 9.64 Å². The summed E-state index contributed by atoms with van der Waals surface area (Å²) >= 11 is 0. The highest BCUT2D eigenvalue weighted by Crippen LogP contribution is 2.28. The maximum Gasteiger partial charge on any atom is 0.266 e. The standard InChI is InChI=1S/C33H31N3O3/c1-4-25-15-8-11-20-30(25)36-31(34-29-19-10-9-18-28(29)33(36)38)23(2)35(22-24-13-6-5-7-14-24)32(37)26-16-12-17-27(21-26)39-3/h5-21,23H,4,22H2,1-3H3. The summed E-state index contributed by atoms with van der Waals surface area (Å²) in [5.74, 6) is 0.931. The molecule has 1 aromatic heterocycles. The van der Waals surface area contributed by atoms with Gasteiger partial charge in [-0.1, -0.05) is 73.7 Å². The van der Waals surface area contributed by atoms with Crippen molar-refractivity contribution in [1.29, 1.82) is 0 Å². The molecule has 0 radical (unpaired) electrons. The number of aromatic nitrogens is 2. The molecule has 39 heavy (non-hydrogen) atoms. The van der Waals surface area contributed by atoms with Crippen LogP contribution in [0, 0.1) is 0 Å². The van der Waals surface area contributed by atoms with Crippen LogP contribution < -0.4 is 10.3 Å². The molecule has 196 valence electrons. The number of methoxy groups -OCH3 is 1. The summed E-state index contributed by atoms with van der Waals surface area (Å²) in [6, 6.07) is 31.7. The first-order valence-corrected chi connectivity index (χ1v) is 13.1. The minimum atomic E-state index is -0.536. The molecule has 5 aromatic rings. The molecule has 6 heteroatoms. The molecule has 0 N–H and O–H groups in total. The summed E-state index contributed by atoms with van der Waals surface area (Å²) in [6.45, 7) is 4.34. The Hall–Kier alpha value is -4.71. The van der Waals surface area contributed by atoms with E-state index >= 15 is 0 Å². The van der Waals surface area contributed by atoms with Crippen molar-refractivity contribution in [3.8, 4) is 11.4 Å². The second-order valence-corrected chi connectivity index (χ2v) is 9.44. The summed E-state index contributed by atoms with van der Waals surface area (Å²) < 4.78 is 7.07. The molecule has 1 atom stereocenters. The first kappa shape index (κ1) is 25.9. The number of ether oxygens (including phenoxy) is 1. The number of rotatable bonds is 8. The van der Waals surface area contributed by atoms with Crippen LogP contribution in [0.25, 0.3) is 16.6 Å². The zero-order valence-corrected chi connectivity index (χ0v) is 22.4. The molecule has 0 saturated heterocycles. The number of fused-ring (bicyclic) bond motifs is 1. The van der Waals surface area contributed by atoms with Gasteiger partial charge in [0.1, 0.15) is 11.6 Å². The maximum atomic E-state index is 14.1. The lowest BCUT2D eigenvalue weighted by molar-refractivity contribution is 0.0663. The Labute approximate surface area is 228 Å². The van der Waals surface area contributed by atoms with Gasteiger partial charge in [0, 0.05) is 12.1 Å². The van der Waals surface area contributed by atoms with E-state index in [1.165, 1.54) is 0 Å². The van der Waals surface area contributed by atoms with Crippen molar-refractivity contribution in [2.75, 3.05) is 7.11 Å². The van der Waals surface area contributed by atoms with E-state index in [0.29, 0.717) is 34.6 Å². The molecule has 5 rings (SSSR count). The lowest BCUT2D eigenvalue weighted by atomic mass is 10.1. The number of carbonyl (C=O) groups is 1. The fraction of sp³-hybridized carbons (Fsp3) is 0.182. The van der Waals surface area contributed by atoms with E-state index in [0.717, 1.165) is 23.2 Å². The number of amides is 1. The quantitative estimate of drug-likeness (QED) is 0.240. The van der Waals surface area contributed by atoms with Gasteiger partial charge >= 0.3 is 0 Å². The first-order valence-electron chi connectivity index (χ1n) is 13.1. The van der Waals surface area contributed by atoms with Gasteiger partial charge in [-0.2, -0.15) is 0 Å². The van der Waals surface area contributed by atoms with E-state index in [1.54, 1.807) is 40.8 Å². The van der Waals surface area contributed by atoms with Gasteiger partial charge in [-0.15, -0.1) is 0 Å². The van der Waals surface area contributed by atoms with Crippen molar-refractivity contribution in [2.45, 2.75) is 32.9 Å². The Morgan fingerprint density at radius 3 is 2.41 bits per heavy atom. The fourth-order valence-electron chi connectivity index (χ4n) is 4.92. The van der Waals surface area contributed by atoms with Gasteiger partial charge in [-0.05, 0) is 60.9 Å². The van der Waals surface area contributed by atoms with Gasteiger partial charge in [-0.25, -0.2) is 4.98 Å². The molecule has 0 aliphatic carbocycles. The van der Waals surface area contributed by atoms with E-state index in [9.17, 15) is 9.59 Å². The Bertz CT molecular complexity index is 1680. The number of benzene rings is 4. The van der Waals surface area contributed by atoms with E-state index in [2.05, 4.69) is 6.92 Å². The number of carbonyl (C=O) groups excluding carboxylic acids is 1. The highest BCUT2D eigenvalue weighted by atomic mass is 16.5. The SMILES string of the molecule is CCc1ccccc1-n1c(C(C)N(Cc2ccccc2)C(=O)c2cccc(OC)c2)nc2ccccc2c1=O. The minimum absolute atomic E-state index is 0.156. The third-order valence-electron chi connectivity index (χ3n) is 7.03. The summed E-state index contributed by atoms with van der Waals surface area (Å²) in [6.07, 6.45) is 0.750. The van der Waals surface area contributed by atoms with Crippen LogP contribution in [0.1, 0.15) is 47.2 Å². The van der Waals surface area contributed by atoms with Crippen LogP contribution in [-0.2, 0) is 13.0 Å². The van der Waals surface area contributed by atoms with Crippen molar-refractivity contribution in [2.24, 2.45) is 0 Å². The zero-order valence-electron chi connectivity index (χ0n) is 22.4. The largest absolute Gasteiger partial charge is 0.497 e. The van der Waals surface area contributed by atoms with E-state index in [4.69, 9.17) is 9.72 Å². The maximum absolute atomic E-state index is 14.1.